The van der Waals surface area contributed by atoms with Crippen LogP contribution in [-0.2, 0) is 14.4 Å². The average Bonchev–Trinajstić information content (AvgIpc) is 2.30. The van der Waals surface area contributed by atoms with Crippen LogP contribution in [0.5, 0.6) is 0 Å². The molecule has 102 valence electrons. The second-order valence-corrected chi connectivity index (χ2v) is 4.39. The zero-order valence-electron chi connectivity index (χ0n) is 11.1. The Hall–Kier alpha value is -1.85. The van der Waals surface area contributed by atoms with Gasteiger partial charge >= 0.3 is 5.97 Å². The van der Waals surface area contributed by atoms with Gasteiger partial charge in [0.25, 0.3) is 0 Å². The lowest BCUT2D eigenvalue weighted by Gasteiger charge is -2.29. The molecular formula is C12H20N2O4. The summed E-state index contributed by atoms with van der Waals surface area (Å²) >= 11 is 0. The average molecular weight is 256 g/mol. The van der Waals surface area contributed by atoms with Crippen LogP contribution in [-0.4, -0.2) is 47.9 Å². The SMILES string of the molecule is CC(=CC(C(C)C)N(C)C(=O)CNC=O)C(=O)O. The molecule has 6 heteroatoms. The summed E-state index contributed by atoms with van der Waals surface area (Å²) in [5, 5.41) is 11.1. The molecule has 1 unspecified atom stereocenters. The van der Waals surface area contributed by atoms with E-state index < -0.39 is 5.97 Å². The van der Waals surface area contributed by atoms with Gasteiger partial charge in [0, 0.05) is 12.6 Å². The third-order valence-corrected chi connectivity index (χ3v) is 2.62. The van der Waals surface area contributed by atoms with E-state index in [-0.39, 0.29) is 30.0 Å². The number of carboxylic acid groups (broad SMARTS) is 1. The molecule has 0 aliphatic carbocycles. The lowest BCUT2D eigenvalue weighted by atomic mass is 10.00. The molecule has 0 fully saturated rings. The van der Waals surface area contributed by atoms with Crippen molar-refractivity contribution < 1.29 is 19.5 Å². The molecule has 0 aromatic carbocycles. The third kappa shape index (κ3) is 4.99. The molecule has 18 heavy (non-hydrogen) atoms. The van der Waals surface area contributed by atoms with Crippen molar-refractivity contribution >= 4 is 18.3 Å². The Morgan fingerprint density at radius 1 is 1.39 bits per heavy atom. The number of carbonyl (C=O) groups is 3. The molecule has 0 aromatic rings. The van der Waals surface area contributed by atoms with Crippen LogP contribution in [0.1, 0.15) is 20.8 Å². The maximum Gasteiger partial charge on any atom is 0.331 e. The van der Waals surface area contributed by atoms with E-state index in [2.05, 4.69) is 5.32 Å². The van der Waals surface area contributed by atoms with Crippen molar-refractivity contribution in [2.45, 2.75) is 26.8 Å². The van der Waals surface area contributed by atoms with E-state index in [1.165, 1.54) is 11.8 Å². The van der Waals surface area contributed by atoms with Crippen LogP contribution in [0.15, 0.2) is 11.6 Å². The van der Waals surface area contributed by atoms with Crippen molar-refractivity contribution in [1.29, 1.82) is 0 Å². The fourth-order valence-electron chi connectivity index (χ4n) is 1.50. The minimum Gasteiger partial charge on any atom is -0.478 e. The van der Waals surface area contributed by atoms with Gasteiger partial charge in [-0.2, -0.15) is 0 Å². The van der Waals surface area contributed by atoms with Crippen molar-refractivity contribution in [3.05, 3.63) is 11.6 Å². The highest BCUT2D eigenvalue weighted by Gasteiger charge is 2.21. The van der Waals surface area contributed by atoms with E-state index in [9.17, 15) is 14.4 Å². The summed E-state index contributed by atoms with van der Waals surface area (Å²) in [7, 11) is 1.59. The van der Waals surface area contributed by atoms with E-state index in [0.717, 1.165) is 0 Å². The molecule has 0 saturated carbocycles. The number of hydrogen-bond acceptors (Lipinski definition) is 3. The summed E-state index contributed by atoms with van der Waals surface area (Å²) in [4.78, 5) is 34.1. The predicted octanol–water partition coefficient (Wildman–Crippen LogP) is 0.246. The van der Waals surface area contributed by atoms with E-state index in [0.29, 0.717) is 6.41 Å². The number of likely N-dealkylation sites (N-methyl/N-ethyl adjacent to an activating group) is 1. The largest absolute Gasteiger partial charge is 0.478 e. The number of carbonyl (C=O) groups excluding carboxylic acids is 2. The fourth-order valence-corrected chi connectivity index (χ4v) is 1.50. The Morgan fingerprint density at radius 2 is 1.94 bits per heavy atom. The zero-order valence-corrected chi connectivity index (χ0v) is 11.1. The molecule has 0 rings (SSSR count). The van der Waals surface area contributed by atoms with Crippen molar-refractivity contribution in [2.24, 2.45) is 5.92 Å². The predicted molar refractivity (Wildman–Crippen MR) is 66.9 cm³/mol. The van der Waals surface area contributed by atoms with Crippen LogP contribution < -0.4 is 5.32 Å². The number of nitrogens with zero attached hydrogens (tertiary/aromatic N) is 1. The monoisotopic (exact) mass is 256 g/mol. The molecule has 0 aliphatic rings. The highest BCUT2D eigenvalue weighted by molar-refractivity contribution is 5.86. The molecule has 0 saturated heterocycles. The summed E-state index contributed by atoms with van der Waals surface area (Å²) in [6.45, 7) is 5.18. The molecule has 0 aromatic heterocycles. The summed E-state index contributed by atoms with van der Waals surface area (Å²) in [6.07, 6.45) is 2.00. The molecule has 0 bridgehead atoms. The first-order chi connectivity index (χ1) is 8.31. The third-order valence-electron chi connectivity index (χ3n) is 2.62. The van der Waals surface area contributed by atoms with Crippen molar-refractivity contribution in [2.75, 3.05) is 13.6 Å². The first-order valence-corrected chi connectivity index (χ1v) is 5.65. The molecule has 6 nitrogen and oxygen atoms in total. The van der Waals surface area contributed by atoms with Crippen molar-refractivity contribution in [1.82, 2.24) is 10.2 Å². The van der Waals surface area contributed by atoms with Crippen molar-refractivity contribution in [3.8, 4) is 0 Å². The number of rotatable bonds is 7. The maximum atomic E-state index is 11.7. The Kier molecular flexibility index (Phi) is 6.70. The Morgan fingerprint density at radius 3 is 2.33 bits per heavy atom. The van der Waals surface area contributed by atoms with E-state index >= 15 is 0 Å². The van der Waals surface area contributed by atoms with E-state index in [1.807, 2.05) is 13.8 Å². The maximum absolute atomic E-state index is 11.7. The van der Waals surface area contributed by atoms with Gasteiger partial charge in [-0.3, -0.25) is 9.59 Å². The summed E-state index contributed by atoms with van der Waals surface area (Å²) in [5.41, 5.74) is 0.191. The van der Waals surface area contributed by atoms with E-state index in [1.54, 1.807) is 13.1 Å². The second kappa shape index (κ2) is 7.47. The van der Waals surface area contributed by atoms with Gasteiger partial charge in [-0.05, 0) is 12.8 Å². The molecule has 0 heterocycles. The van der Waals surface area contributed by atoms with Gasteiger partial charge < -0.3 is 15.3 Å². The first kappa shape index (κ1) is 16.1. The summed E-state index contributed by atoms with van der Waals surface area (Å²) in [5.74, 6) is -1.20. The quantitative estimate of drug-likeness (QED) is 0.505. The molecule has 0 spiro atoms. The molecule has 1 atom stereocenters. The lowest BCUT2D eigenvalue weighted by molar-refractivity contribution is -0.133. The molecule has 2 amide bonds. The number of nitrogens with one attached hydrogen (secondary N) is 1. The molecule has 2 N–H and O–H groups in total. The molecule has 0 aliphatic heterocycles. The highest BCUT2D eigenvalue weighted by Crippen LogP contribution is 2.13. The topological polar surface area (TPSA) is 86.7 Å². The first-order valence-electron chi connectivity index (χ1n) is 5.65. The second-order valence-electron chi connectivity index (χ2n) is 4.39. The van der Waals surface area contributed by atoms with Gasteiger partial charge in [-0.15, -0.1) is 0 Å². The summed E-state index contributed by atoms with van der Waals surface area (Å²) < 4.78 is 0. The summed E-state index contributed by atoms with van der Waals surface area (Å²) in [6, 6.07) is -0.318. The number of amides is 2. The van der Waals surface area contributed by atoms with Crippen LogP contribution in [0.2, 0.25) is 0 Å². The lowest BCUT2D eigenvalue weighted by Crippen LogP contribution is -2.43. The van der Waals surface area contributed by atoms with Crippen LogP contribution >= 0.6 is 0 Å². The van der Waals surface area contributed by atoms with Gasteiger partial charge in [0.2, 0.25) is 12.3 Å². The molecule has 0 radical (unpaired) electrons. The van der Waals surface area contributed by atoms with E-state index in [4.69, 9.17) is 5.11 Å². The van der Waals surface area contributed by atoms with Crippen LogP contribution in [0, 0.1) is 5.92 Å². The van der Waals surface area contributed by atoms with Gasteiger partial charge in [0.15, 0.2) is 0 Å². The van der Waals surface area contributed by atoms with Crippen LogP contribution in [0.4, 0.5) is 0 Å². The van der Waals surface area contributed by atoms with Crippen LogP contribution in [0.25, 0.3) is 0 Å². The molecular weight excluding hydrogens is 236 g/mol. The van der Waals surface area contributed by atoms with Gasteiger partial charge in [0.1, 0.15) is 0 Å². The minimum atomic E-state index is -1.01. The number of hydrogen-bond donors (Lipinski definition) is 2. The fraction of sp³-hybridized carbons (Fsp3) is 0.583. The van der Waals surface area contributed by atoms with Crippen LogP contribution in [0.3, 0.4) is 0 Å². The Labute approximate surface area is 107 Å². The van der Waals surface area contributed by atoms with Gasteiger partial charge in [-0.25, -0.2) is 4.79 Å². The zero-order chi connectivity index (χ0) is 14.3. The smallest absolute Gasteiger partial charge is 0.331 e. The highest BCUT2D eigenvalue weighted by atomic mass is 16.4. The minimum absolute atomic E-state index is 0.0736. The Balaban J connectivity index is 4.90. The number of aliphatic carboxylic acids is 1. The normalized spacial score (nSPS) is 13.1. The number of carboxylic acids is 1. The van der Waals surface area contributed by atoms with Gasteiger partial charge in [0.05, 0.1) is 12.6 Å². The van der Waals surface area contributed by atoms with Crippen molar-refractivity contribution in [3.63, 3.8) is 0 Å². The standard InChI is InChI=1S/C12H20N2O4/c1-8(2)10(5-9(3)12(17)18)14(4)11(16)6-13-7-15/h5,7-8,10H,6H2,1-4H3,(H,13,15)(H,17,18). The van der Waals surface area contributed by atoms with Gasteiger partial charge in [-0.1, -0.05) is 19.9 Å². The Bertz CT molecular complexity index is 350.